The number of nitrogens with one attached hydrogen (secondary N) is 1. The fraction of sp³-hybridized carbons (Fsp3) is 0.474. The van der Waals surface area contributed by atoms with E-state index in [0.29, 0.717) is 23.6 Å². The number of benzene rings is 1. The summed E-state index contributed by atoms with van der Waals surface area (Å²) in [6.07, 6.45) is 7.26. The van der Waals surface area contributed by atoms with E-state index in [1.54, 1.807) is 6.92 Å². The first kappa shape index (κ1) is 17.3. The molecule has 2 rings (SSSR count). The Hall–Kier alpha value is -2.10. The average Bonchev–Trinajstić information content (AvgIpc) is 2.96. The summed E-state index contributed by atoms with van der Waals surface area (Å²) in [6, 6.07) is 9.66. The molecule has 2 aromatic rings. The van der Waals surface area contributed by atoms with Crippen molar-refractivity contribution in [3.05, 3.63) is 41.7 Å². The number of hydrogen-bond donors (Lipinski definition) is 1. The second-order valence-electron chi connectivity index (χ2n) is 5.85. The predicted molar refractivity (Wildman–Crippen MR) is 92.4 cm³/mol. The van der Waals surface area contributed by atoms with E-state index in [2.05, 4.69) is 17.4 Å². The number of carbonyl (C=O) groups excluding carboxylic acids is 1. The Bertz CT molecular complexity index is 605. The number of carbonyl (C=O) groups is 1. The van der Waals surface area contributed by atoms with Crippen LogP contribution < -0.4 is 5.32 Å². The second-order valence-corrected chi connectivity index (χ2v) is 5.85. The van der Waals surface area contributed by atoms with E-state index < -0.39 is 0 Å². The molecule has 0 saturated carbocycles. The number of unbranched alkanes of at least 4 members (excludes halogenated alkanes) is 5. The molecule has 1 heterocycles. The molecule has 0 unspecified atom stereocenters. The largest absolute Gasteiger partial charge is 0.360 e. The zero-order chi connectivity index (χ0) is 16.5. The van der Waals surface area contributed by atoms with Crippen LogP contribution in [0.1, 0.15) is 61.6 Å². The molecule has 0 aliphatic carbocycles. The molecule has 4 heteroatoms. The van der Waals surface area contributed by atoms with Gasteiger partial charge in [-0.2, -0.15) is 0 Å². The molecule has 1 amide bonds. The van der Waals surface area contributed by atoms with Gasteiger partial charge < -0.3 is 9.84 Å². The van der Waals surface area contributed by atoms with Crippen LogP contribution in [0.2, 0.25) is 0 Å². The number of nitrogens with zero attached hydrogens (tertiary/aromatic N) is 1. The minimum atomic E-state index is -0.101. The van der Waals surface area contributed by atoms with Gasteiger partial charge in [-0.1, -0.05) is 74.5 Å². The minimum Gasteiger partial charge on any atom is -0.360 e. The molecule has 0 spiro atoms. The highest BCUT2D eigenvalue weighted by Crippen LogP contribution is 2.24. The van der Waals surface area contributed by atoms with Crippen LogP contribution in [0.15, 0.2) is 34.9 Å². The molecule has 4 nitrogen and oxygen atoms in total. The molecule has 124 valence electrons. The Morgan fingerprint density at radius 3 is 2.52 bits per heavy atom. The van der Waals surface area contributed by atoms with Gasteiger partial charge in [0.25, 0.3) is 5.91 Å². The molecule has 0 atom stereocenters. The Labute approximate surface area is 138 Å². The Balaban J connectivity index is 1.89. The van der Waals surface area contributed by atoms with Crippen molar-refractivity contribution in [3.8, 4) is 11.3 Å². The lowest BCUT2D eigenvalue weighted by Crippen LogP contribution is -2.25. The predicted octanol–water partition coefficient (Wildman–Crippen LogP) is 4.74. The fourth-order valence-corrected chi connectivity index (χ4v) is 2.63. The smallest absolute Gasteiger partial charge is 0.257 e. The number of hydrogen-bond acceptors (Lipinski definition) is 3. The van der Waals surface area contributed by atoms with Gasteiger partial charge in [-0.3, -0.25) is 4.79 Å². The maximum atomic E-state index is 12.4. The van der Waals surface area contributed by atoms with Crippen LogP contribution in [0.5, 0.6) is 0 Å². The maximum Gasteiger partial charge on any atom is 0.257 e. The SMILES string of the molecule is CCCCCCCCNC(=O)c1c(-c2ccccc2)noc1C. The molecule has 0 aliphatic rings. The van der Waals surface area contributed by atoms with Crippen molar-refractivity contribution in [2.45, 2.75) is 52.4 Å². The highest BCUT2D eigenvalue weighted by atomic mass is 16.5. The third kappa shape index (κ3) is 4.95. The van der Waals surface area contributed by atoms with Crippen molar-refractivity contribution < 1.29 is 9.32 Å². The van der Waals surface area contributed by atoms with Crippen LogP contribution in [0.4, 0.5) is 0 Å². The van der Waals surface area contributed by atoms with E-state index >= 15 is 0 Å². The Kier molecular flexibility index (Phi) is 6.85. The molecule has 0 bridgehead atoms. The standard InChI is InChI=1S/C19H26N2O2/c1-3-4-5-6-7-11-14-20-19(22)17-15(2)23-21-18(17)16-12-9-8-10-13-16/h8-10,12-13H,3-7,11,14H2,1-2H3,(H,20,22). The maximum absolute atomic E-state index is 12.4. The summed E-state index contributed by atoms with van der Waals surface area (Å²) in [5.41, 5.74) is 2.06. The van der Waals surface area contributed by atoms with Crippen molar-refractivity contribution in [2.24, 2.45) is 0 Å². The first-order valence-corrected chi connectivity index (χ1v) is 8.54. The Morgan fingerprint density at radius 1 is 1.09 bits per heavy atom. The molecular weight excluding hydrogens is 288 g/mol. The number of aromatic nitrogens is 1. The monoisotopic (exact) mass is 314 g/mol. The summed E-state index contributed by atoms with van der Waals surface area (Å²) >= 11 is 0. The number of aryl methyl sites for hydroxylation is 1. The van der Waals surface area contributed by atoms with Gasteiger partial charge in [0.05, 0.1) is 0 Å². The van der Waals surface area contributed by atoms with Gasteiger partial charge in [0.15, 0.2) is 0 Å². The summed E-state index contributed by atoms with van der Waals surface area (Å²) < 4.78 is 5.23. The first-order chi connectivity index (χ1) is 11.2. The van der Waals surface area contributed by atoms with Crippen LogP contribution in [-0.2, 0) is 0 Å². The van der Waals surface area contributed by atoms with Crippen LogP contribution in [0, 0.1) is 6.92 Å². The summed E-state index contributed by atoms with van der Waals surface area (Å²) in [4.78, 5) is 12.4. The highest BCUT2D eigenvalue weighted by molar-refractivity contribution is 6.00. The van der Waals surface area contributed by atoms with Crippen molar-refractivity contribution in [3.63, 3.8) is 0 Å². The van der Waals surface area contributed by atoms with E-state index in [1.807, 2.05) is 30.3 Å². The van der Waals surface area contributed by atoms with Crippen molar-refractivity contribution in [1.82, 2.24) is 10.5 Å². The third-order valence-electron chi connectivity index (χ3n) is 3.95. The molecule has 0 aliphatic heterocycles. The summed E-state index contributed by atoms with van der Waals surface area (Å²) in [6.45, 7) is 4.69. The minimum absolute atomic E-state index is 0.101. The molecule has 1 N–H and O–H groups in total. The van der Waals surface area contributed by atoms with E-state index in [4.69, 9.17) is 4.52 Å². The van der Waals surface area contributed by atoms with Crippen molar-refractivity contribution in [1.29, 1.82) is 0 Å². The van der Waals surface area contributed by atoms with E-state index in [9.17, 15) is 4.79 Å². The van der Waals surface area contributed by atoms with Gasteiger partial charge in [-0.15, -0.1) is 0 Å². The van der Waals surface area contributed by atoms with E-state index in [-0.39, 0.29) is 5.91 Å². The first-order valence-electron chi connectivity index (χ1n) is 8.54. The molecule has 1 aromatic carbocycles. The van der Waals surface area contributed by atoms with Gasteiger partial charge >= 0.3 is 0 Å². The van der Waals surface area contributed by atoms with Crippen molar-refractivity contribution in [2.75, 3.05) is 6.54 Å². The highest BCUT2D eigenvalue weighted by Gasteiger charge is 2.20. The van der Waals surface area contributed by atoms with Gasteiger partial charge in [0.2, 0.25) is 0 Å². The van der Waals surface area contributed by atoms with Crippen LogP contribution in [0.25, 0.3) is 11.3 Å². The summed E-state index contributed by atoms with van der Waals surface area (Å²) in [5.74, 6) is 0.459. The lowest BCUT2D eigenvalue weighted by Gasteiger charge is -2.06. The second kappa shape index (κ2) is 9.13. The molecule has 0 fully saturated rings. The third-order valence-corrected chi connectivity index (χ3v) is 3.95. The molecule has 23 heavy (non-hydrogen) atoms. The molecule has 1 aromatic heterocycles. The lowest BCUT2D eigenvalue weighted by atomic mass is 10.1. The number of amides is 1. The van der Waals surface area contributed by atoms with Gasteiger partial charge in [0, 0.05) is 12.1 Å². The normalized spacial score (nSPS) is 10.7. The van der Waals surface area contributed by atoms with Crippen LogP contribution >= 0.6 is 0 Å². The molecular formula is C19H26N2O2. The van der Waals surface area contributed by atoms with Crippen LogP contribution in [0.3, 0.4) is 0 Å². The van der Waals surface area contributed by atoms with Gasteiger partial charge in [-0.25, -0.2) is 0 Å². The Morgan fingerprint density at radius 2 is 1.78 bits per heavy atom. The molecule has 0 saturated heterocycles. The van der Waals surface area contributed by atoms with Crippen molar-refractivity contribution >= 4 is 5.91 Å². The fourth-order valence-electron chi connectivity index (χ4n) is 2.63. The summed E-state index contributed by atoms with van der Waals surface area (Å²) in [5, 5.41) is 7.04. The zero-order valence-electron chi connectivity index (χ0n) is 14.1. The van der Waals surface area contributed by atoms with Gasteiger partial charge in [-0.05, 0) is 13.3 Å². The number of rotatable bonds is 9. The van der Waals surface area contributed by atoms with Crippen LogP contribution in [-0.4, -0.2) is 17.6 Å². The zero-order valence-corrected chi connectivity index (χ0v) is 14.1. The topological polar surface area (TPSA) is 55.1 Å². The van der Waals surface area contributed by atoms with E-state index in [0.717, 1.165) is 18.4 Å². The average molecular weight is 314 g/mol. The molecule has 0 radical (unpaired) electrons. The van der Waals surface area contributed by atoms with Gasteiger partial charge in [0.1, 0.15) is 17.0 Å². The van der Waals surface area contributed by atoms with E-state index in [1.165, 1.54) is 25.7 Å². The lowest BCUT2D eigenvalue weighted by molar-refractivity contribution is 0.0952. The quantitative estimate of drug-likeness (QED) is 0.680. The summed E-state index contributed by atoms with van der Waals surface area (Å²) in [7, 11) is 0.